The zero-order valence-electron chi connectivity index (χ0n) is 8.88. The SMILES string of the molecule is Cn1cccc1C(=O)C(=O)c1ccccc1. The van der Waals surface area contributed by atoms with Crippen LogP contribution < -0.4 is 0 Å². The summed E-state index contributed by atoms with van der Waals surface area (Å²) in [5, 5.41) is 0. The first-order chi connectivity index (χ1) is 7.70. The van der Waals surface area contributed by atoms with Gasteiger partial charge in [-0.25, -0.2) is 0 Å². The van der Waals surface area contributed by atoms with Crippen molar-refractivity contribution in [2.75, 3.05) is 0 Å². The van der Waals surface area contributed by atoms with Gasteiger partial charge in [0.15, 0.2) is 0 Å². The highest BCUT2D eigenvalue weighted by Crippen LogP contribution is 2.07. The molecule has 0 saturated carbocycles. The Labute approximate surface area is 93.3 Å². The number of aryl methyl sites for hydroxylation is 1. The first-order valence-electron chi connectivity index (χ1n) is 4.95. The second-order valence-electron chi connectivity index (χ2n) is 3.53. The maximum absolute atomic E-state index is 11.9. The summed E-state index contributed by atoms with van der Waals surface area (Å²) in [6.45, 7) is 0. The quantitative estimate of drug-likeness (QED) is 0.578. The summed E-state index contributed by atoms with van der Waals surface area (Å²) in [5.74, 6) is -0.943. The van der Waals surface area contributed by atoms with Crippen molar-refractivity contribution in [2.45, 2.75) is 0 Å². The number of ketones is 2. The van der Waals surface area contributed by atoms with Crippen LogP contribution in [0.5, 0.6) is 0 Å². The van der Waals surface area contributed by atoms with E-state index < -0.39 is 11.6 Å². The van der Waals surface area contributed by atoms with Gasteiger partial charge < -0.3 is 4.57 Å². The van der Waals surface area contributed by atoms with Crippen LogP contribution in [0, 0.1) is 0 Å². The van der Waals surface area contributed by atoms with E-state index in [2.05, 4.69) is 0 Å². The van der Waals surface area contributed by atoms with Crippen LogP contribution in [0.15, 0.2) is 48.7 Å². The molecule has 0 aliphatic carbocycles. The second-order valence-corrected chi connectivity index (χ2v) is 3.53. The molecule has 1 aromatic carbocycles. The summed E-state index contributed by atoms with van der Waals surface area (Å²) in [7, 11) is 1.74. The molecule has 1 aromatic heterocycles. The third-order valence-electron chi connectivity index (χ3n) is 2.42. The molecule has 1 heterocycles. The molecule has 3 heteroatoms. The van der Waals surface area contributed by atoms with Gasteiger partial charge in [0.25, 0.3) is 0 Å². The second kappa shape index (κ2) is 4.14. The Morgan fingerprint density at radius 1 is 0.938 bits per heavy atom. The number of carbonyl (C=O) groups is 2. The van der Waals surface area contributed by atoms with Gasteiger partial charge in [0, 0.05) is 18.8 Å². The maximum atomic E-state index is 11.9. The van der Waals surface area contributed by atoms with Crippen molar-refractivity contribution < 1.29 is 9.59 Å². The largest absolute Gasteiger partial charge is 0.348 e. The van der Waals surface area contributed by atoms with Gasteiger partial charge in [0.2, 0.25) is 11.6 Å². The summed E-state index contributed by atoms with van der Waals surface area (Å²) in [6, 6.07) is 12.0. The van der Waals surface area contributed by atoms with E-state index in [0.717, 1.165) is 0 Å². The zero-order chi connectivity index (χ0) is 11.5. The molecule has 0 unspecified atom stereocenters. The summed E-state index contributed by atoms with van der Waals surface area (Å²) >= 11 is 0. The number of hydrogen-bond donors (Lipinski definition) is 0. The van der Waals surface area contributed by atoms with Gasteiger partial charge in [-0.2, -0.15) is 0 Å². The molecule has 0 amide bonds. The predicted octanol–water partition coefficient (Wildman–Crippen LogP) is 2.09. The van der Waals surface area contributed by atoms with Gasteiger partial charge in [-0.3, -0.25) is 9.59 Å². The molecule has 3 nitrogen and oxygen atoms in total. The molecular weight excluding hydrogens is 202 g/mol. The zero-order valence-corrected chi connectivity index (χ0v) is 8.88. The third-order valence-corrected chi connectivity index (χ3v) is 2.42. The monoisotopic (exact) mass is 213 g/mol. The molecule has 0 atom stereocenters. The van der Waals surface area contributed by atoms with Gasteiger partial charge >= 0.3 is 0 Å². The average molecular weight is 213 g/mol. The summed E-state index contributed by atoms with van der Waals surface area (Å²) in [5.41, 5.74) is 0.836. The van der Waals surface area contributed by atoms with E-state index >= 15 is 0 Å². The lowest BCUT2D eigenvalue weighted by Gasteiger charge is -2.01. The van der Waals surface area contributed by atoms with E-state index in [0.29, 0.717) is 11.3 Å². The van der Waals surface area contributed by atoms with E-state index in [1.54, 1.807) is 54.2 Å². The Balaban J connectivity index is 2.31. The molecule has 0 saturated heterocycles. The highest BCUT2D eigenvalue weighted by Gasteiger charge is 2.19. The molecule has 0 aliphatic rings. The maximum Gasteiger partial charge on any atom is 0.249 e. The molecule has 2 rings (SSSR count). The van der Waals surface area contributed by atoms with E-state index in [1.807, 2.05) is 6.07 Å². The fourth-order valence-electron chi connectivity index (χ4n) is 1.53. The highest BCUT2D eigenvalue weighted by molar-refractivity contribution is 6.48. The number of benzene rings is 1. The topological polar surface area (TPSA) is 39.1 Å². The summed E-state index contributed by atoms with van der Waals surface area (Å²) < 4.78 is 1.64. The van der Waals surface area contributed by atoms with Crippen LogP contribution in [0.25, 0.3) is 0 Å². The van der Waals surface area contributed by atoms with Crippen molar-refractivity contribution in [3.63, 3.8) is 0 Å². The number of carbonyl (C=O) groups excluding carboxylic acids is 2. The van der Waals surface area contributed by atoms with Crippen LogP contribution in [0.2, 0.25) is 0 Å². The molecule has 0 aliphatic heterocycles. The van der Waals surface area contributed by atoms with Crippen LogP contribution in [0.3, 0.4) is 0 Å². The van der Waals surface area contributed by atoms with E-state index in [9.17, 15) is 9.59 Å². The Hall–Kier alpha value is -2.16. The molecule has 2 aromatic rings. The molecule has 16 heavy (non-hydrogen) atoms. The van der Waals surface area contributed by atoms with Gasteiger partial charge in [0.05, 0.1) is 5.69 Å². The Morgan fingerprint density at radius 3 is 2.19 bits per heavy atom. The molecule has 0 radical (unpaired) electrons. The van der Waals surface area contributed by atoms with Crippen LogP contribution in [-0.4, -0.2) is 16.1 Å². The number of Topliss-reactive ketones (excluding diaryl/α,β-unsaturated/α-hetero) is 2. The Morgan fingerprint density at radius 2 is 1.62 bits per heavy atom. The smallest absolute Gasteiger partial charge is 0.249 e. The highest BCUT2D eigenvalue weighted by atomic mass is 16.2. The van der Waals surface area contributed by atoms with E-state index in [4.69, 9.17) is 0 Å². The fourth-order valence-corrected chi connectivity index (χ4v) is 1.53. The van der Waals surface area contributed by atoms with Crippen molar-refractivity contribution in [3.8, 4) is 0 Å². The van der Waals surface area contributed by atoms with Crippen molar-refractivity contribution in [2.24, 2.45) is 7.05 Å². The lowest BCUT2D eigenvalue weighted by molar-refractivity contribution is 0.0812. The minimum atomic E-state index is -0.473. The first kappa shape index (κ1) is 10.4. The molecule has 0 N–H and O–H groups in total. The Bertz CT molecular complexity index is 526. The molecule has 0 bridgehead atoms. The fraction of sp³-hybridized carbons (Fsp3) is 0.0769. The minimum absolute atomic E-state index is 0.411. The van der Waals surface area contributed by atoms with Gasteiger partial charge in [-0.05, 0) is 12.1 Å². The lowest BCUT2D eigenvalue weighted by Crippen LogP contribution is -2.17. The molecule has 80 valence electrons. The average Bonchev–Trinajstić information content (AvgIpc) is 2.75. The van der Waals surface area contributed by atoms with Crippen LogP contribution >= 0.6 is 0 Å². The molecular formula is C13H11NO2. The van der Waals surface area contributed by atoms with Gasteiger partial charge in [0.1, 0.15) is 0 Å². The van der Waals surface area contributed by atoms with Crippen molar-refractivity contribution >= 4 is 11.6 Å². The summed E-state index contributed by atoms with van der Waals surface area (Å²) in [6.07, 6.45) is 1.74. The van der Waals surface area contributed by atoms with Crippen LogP contribution in [0.4, 0.5) is 0 Å². The number of rotatable bonds is 3. The van der Waals surface area contributed by atoms with Crippen LogP contribution in [-0.2, 0) is 7.05 Å². The molecule has 0 fully saturated rings. The Kier molecular flexibility index (Phi) is 2.68. The van der Waals surface area contributed by atoms with E-state index in [-0.39, 0.29) is 0 Å². The molecule has 0 spiro atoms. The number of nitrogens with zero attached hydrogens (tertiary/aromatic N) is 1. The lowest BCUT2D eigenvalue weighted by atomic mass is 10.1. The standard InChI is InChI=1S/C13H11NO2/c1-14-9-5-8-11(14)13(16)12(15)10-6-3-2-4-7-10/h2-9H,1H3. The van der Waals surface area contributed by atoms with Crippen molar-refractivity contribution in [1.29, 1.82) is 0 Å². The van der Waals surface area contributed by atoms with Gasteiger partial charge in [-0.15, -0.1) is 0 Å². The number of aromatic nitrogens is 1. The van der Waals surface area contributed by atoms with Gasteiger partial charge in [-0.1, -0.05) is 30.3 Å². The van der Waals surface area contributed by atoms with Crippen molar-refractivity contribution in [1.82, 2.24) is 4.57 Å². The minimum Gasteiger partial charge on any atom is -0.348 e. The summed E-state index contributed by atoms with van der Waals surface area (Å²) in [4.78, 5) is 23.7. The normalized spacial score (nSPS) is 10.1. The predicted molar refractivity (Wildman–Crippen MR) is 60.5 cm³/mol. The first-order valence-corrected chi connectivity index (χ1v) is 4.95. The van der Waals surface area contributed by atoms with Crippen molar-refractivity contribution in [3.05, 3.63) is 59.9 Å². The third kappa shape index (κ3) is 1.80. The van der Waals surface area contributed by atoms with Crippen LogP contribution in [0.1, 0.15) is 20.8 Å². The van der Waals surface area contributed by atoms with E-state index in [1.165, 1.54) is 0 Å². The number of hydrogen-bond acceptors (Lipinski definition) is 2.